The molecule has 1 aliphatic carbocycles. The van der Waals surface area contributed by atoms with Crippen LogP contribution in [0.1, 0.15) is 87.5 Å². The topological polar surface area (TPSA) is 12.0 Å². The van der Waals surface area contributed by atoms with E-state index in [1.165, 1.54) is 38.3 Å². The molecule has 1 fully saturated rings. The van der Waals surface area contributed by atoms with E-state index in [-0.39, 0.29) is 0 Å². The molecule has 0 amide bonds. The van der Waals surface area contributed by atoms with Crippen molar-refractivity contribution in [2.45, 2.75) is 110 Å². The van der Waals surface area contributed by atoms with E-state index in [0.29, 0.717) is 0 Å². The quantitative estimate of drug-likeness (QED) is 0.533. The average molecular weight is 354 g/mol. The lowest BCUT2D eigenvalue weighted by molar-refractivity contribution is 0.389. The molecule has 0 aromatic rings. The van der Waals surface area contributed by atoms with Crippen LogP contribution >= 0.6 is 0 Å². The number of nitrogens with one attached hydrogen (secondary N) is 1. The Hall–Kier alpha value is 0.134. The normalized spacial score (nSPS) is 18.7. The van der Waals surface area contributed by atoms with Crippen LogP contribution in [0.3, 0.4) is 0 Å². The summed E-state index contributed by atoms with van der Waals surface area (Å²) in [4.78, 5) is 0. The largest absolute Gasteiger partial charge is 0.317 e. The smallest absolute Gasteiger partial charge is 0.0716 e. The number of rotatable bonds is 8. The van der Waals surface area contributed by atoms with E-state index in [1.807, 2.05) is 0 Å². The molecule has 0 heterocycles. The third-order valence-corrected chi connectivity index (χ3v) is 26.4. The summed E-state index contributed by atoms with van der Waals surface area (Å²) >= 11 is 0. The first-order chi connectivity index (χ1) is 10.7. The van der Waals surface area contributed by atoms with E-state index < -0.39 is 15.9 Å². The van der Waals surface area contributed by atoms with Crippen molar-refractivity contribution < 1.29 is 0 Å². The molecule has 23 heavy (non-hydrogen) atoms. The van der Waals surface area contributed by atoms with Gasteiger partial charge < -0.3 is 5.32 Å². The molecule has 0 bridgehead atoms. The Morgan fingerprint density at radius 2 is 1.43 bits per heavy atom. The van der Waals surface area contributed by atoms with Crippen molar-refractivity contribution in [1.29, 1.82) is 0 Å². The predicted molar refractivity (Wildman–Crippen MR) is 113 cm³/mol. The van der Waals surface area contributed by atoms with Crippen LogP contribution in [0, 0.1) is 0 Å². The van der Waals surface area contributed by atoms with Crippen molar-refractivity contribution in [3.63, 3.8) is 0 Å². The Morgan fingerprint density at radius 1 is 0.957 bits per heavy atom. The fraction of sp³-hybridized carbons (Fsp3) is 0.900. The summed E-state index contributed by atoms with van der Waals surface area (Å²) in [6.45, 7) is 19.8. The summed E-state index contributed by atoms with van der Waals surface area (Å²) in [5, 5.41) is 4.05. The molecule has 0 saturated heterocycles. The van der Waals surface area contributed by atoms with Gasteiger partial charge in [-0.3, -0.25) is 0 Å². The molecular weight excluding hydrogens is 310 g/mol. The average Bonchev–Trinajstić information content (AvgIpc) is 2.44. The summed E-state index contributed by atoms with van der Waals surface area (Å²) in [5.74, 6) is 0. The van der Waals surface area contributed by atoms with Gasteiger partial charge in [-0.25, -0.2) is 0 Å². The summed E-state index contributed by atoms with van der Waals surface area (Å²) in [5.41, 5.74) is 7.00. The van der Waals surface area contributed by atoms with E-state index in [4.69, 9.17) is 0 Å². The molecule has 3 heteroatoms. The predicted octanol–water partition coefficient (Wildman–Crippen LogP) is 5.94. The van der Waals surface area contributed by atoms with Crippen molar-refractivity contribution in [2.75, 3.05) is 6.17 Å². The highest BCUT2D eigenvalue weighted by atomic mass is 29.2. The van der Waals surface area contributed by atoms with Gasteiger partial charge in [-0.15, -0.1) is 5.70 Å². The van der Waals surface area contributed by atoms with Gasteiger partial charge in [0.05, 0.1) is 15.9 Å². The highest BCUT2D eigenvalue weighted by Gasteiger charge is 2.48. The van der Waals surface area contributed by atoms with E-state index in [2.05, 4.69) is 66.4 Å². The van der Waals surface area contributed by atoms with Crippen molar-refractivity contribution >= 4 is 15.9 Å². The molecule has 1 nitrogen and oxygen atoms in total. The lowest BCUT2D eigenvalue weighted by Gasteiger charge is -2.48. The minimum Gasteiger partial charge on any atom is -0.317 e. The van der Waals surface area contributed by atoms with Crippen LogP contribution in [0.4, 0.5) is 0 Å². The highest BCUT2D eigenvalue weighted by Crippen LogP contribution is 2.43. The van der Waals surface area contributed by atoms with Gasteiger partial charge in [-0.2, -0.15) is 0 Å². The minimum atomic E-state index is -1.30. The molecule has 1 atom stereocenters. The standard InChI is InChI=1S/C20H43NSi2/c1-16(2)14-22(15-21-20-12-10-9-11-13-20)23(17(3)4,18(5)6)19(7)8/h14,17-22H,9-13,15H2,1-8H3. The second-order valence-corrected chi connectivity index (χ2v) is 21.7. The van der Waals surface area contributed by atoms with Gasteiger partial charge in [0.2, 0.25) is 0 Å². The Balaban J connectivity index is 3.02. The van der Waals surface area contributed by atoms with Crippen LogP contribution in [0.5, 0.6) is 0 Å². The third kappa shape index (κ3) is 5.30. The molecule has 1 aliphatic rings. The van der Waals surface area contributed by atoms with Crippen molar-refractivity contribution in [3.05, 3.63) is 11.3 Å². The maximum absolute atomic E-state index is 4.05. The zero-order valence-electron chi connectivity index (χ0n) is 17.2. The van der Waals surface area contributed by atoms with Crippen LogP contribution < -0.4 is 5.32 Å². The third-order valence-electron chi connectivity index (χ3n) is 6.41. The maximum Gasteiger partial charge on any atom is 0.0716 e. The number of allylic oxidation sites excluding steroid dienone is 1. The molecule has 1 N–H and O–H groups in total. The van der Waals surface area contributed by atoms with Crippen LogP contribution in [0.25, 0.3) is 0 Å². The molecule has 0 aromatic carbocycles. The highest BCUT2D eigenvalue weighted by molar-refractivity contribution is 7.36. The maximum atomic E-state index is 4.05. The van der Waals surface area contributed by atoms with Crippen LogP contribution in [0.2, 0.25) is 16.6 Å². The van der Waals surface area contributed by atoms with Gasteiger partial charge >= 0.3 is 0 Å². The fourth-order valence-corrected chi connectivity index (χ4v) is 25.4. The fourth-order valence-electron chi connectivity index (χ4n) is 5.67. The number of hydrogen-bond donors (Lipinski definition) is 1. The SMILES string of the molecule is CC(C)=C[SiH](CNC1CCCCC1)[Si](C(C)C)(C(C)C)C(C)C. The Kier molecular flexibility index (Phi) is 8.81. The van der Waals surface area contributed by atoms with Gasteiger partial charge in [-0.1, -0.05) is 83.0 Å². The van der Waals surface area contributed by atoms with Crippen LogP contribution in [-0.2, 0) is 0 Å². The molecule has 1 unspecified atom stereocenters. The van der Waals surface area contributed by atoms with Crippen molar-refractivity contribution in [3.8, 4) is 0 Å². The molecule has 0 spiro atoms. The van der Waals surface area contributed by atoms with E-state index in [0.717, 1.165) is 22.7 Å². The molecule has 0 aromatic heterocycles. The Labute approximate surface area is 149 Å². The Morgan fingerprint density at radius 3 is 1.83 bits per heavy atom. The van der Waals surface area contributed by atoms with Crippen LogP contribution in [0.15, 0.2) is 11.3 Å². The van der Waals surface area contributed by atoms with Gasteiger partial charge in [0.15, 0.2) is 0 Å². The monoisotopic (exact) mass is 353 g/mol. The minimum absolute atomic E-state index is 0.808. The first kappa shape index (κ1) is 21.2. The first-order valence-electron chi connectivity index (χ1n) is 10.1. The molecule has 1 rings (SSSR count). The summed E-state index contributed by atoms with van der Waals surface area (Å²) in [6, 6.07) is 0.808. The van der Waals surface area contributed by atoms with E-state index in [9.17, 15) is 0 Å². The lowest BCUT2D eigenvalue weighted by atomic mass is 9.96. The zero-order valence-corrected chi connectivity index (χ0v) is 19.4. The van der Waals surface area contributed by atoms with Crippen LogP contribution in [-0.4, -0.2) is 28.1 Å². The first-order valence-corrected chi connectivity index (χ1v) is 15.6. The molecular formula is C20H43NSi2. The second kappa shape index (κ2) is 9.57. The summed E-state index contributed by atoms with van der Waals surface area (Å²) < 4.78 is 0. The molecule has 1 saturated carbocycles. The lowest BCUT2D eigenvalue weighted by Crippen LogP contribution is -2.62. The molecule has 0 radical (unpaired) electrons. The Bertz CT molecular complexity index is 342. The van der Waals surface area contributed by atoms with Gasteiger partial charge in [0.1, 0.15) is 0 Å². The second-order valence-electron chi connectivity index (χ2n) is 9.06. The summed E-state index contributed by atoms with van der Waals surface area (Å²) in [6.07, 6.45) is 8.50. The van der Waals surface area contributed by atoms with Gasteiger partial charge in [0.25, 0.3) is 0 Å². The van der Waals surface area contributed by atoms with Crippen molar-refractivity contribution in [2.24, 2.45) is 0 Å². The molecule has 0 aliphatic heterocycles. The van der Waals surface area contributed by atoms with E-state index >= 15 is 0 Å². The van der Waals surface area contributed by atoms with E-state index in [1.54, 1.807) is 5.57 Å². The van der Waals surface area contributed by atoms with Gasteiger partial charge in [0, 0.05) is 6.04 Å². The van der Waals surface area contributed by atoms with Crippen molar-refractivity contribution in [1.82, 2.24) is 5.32 Å². The summed E-state index contributed by atoms with van der Waals surface area (Å²) in [7, 11) is -2.23. The zero-order chi connectivity index (χ0) is 17.6. The van der Waals surface area contributed by atoms with Gasteiger partial charge in [-0.05, 0) is 32.9 Å². The molecule has 136 valence electrons. The number of hydrogen-bond acceptors (Lipinski definition) is 1.